The number of ketones is 1. The lowest BCUT2D eigenvalue weighted by Crippen LogP contribution is -2.24. The lowest BCUT2D eigenvalue weighted by molar-refractivity contribution is -0.144. The molecule has 0 amide bonds. The van der Waals surface area contributed by atoms with Gasteiger partial charge in [-0.2, -0.15) is 0 Å². The van der Waals surface area contributed by atoms with E-state index in [2.05, 4.69) is 0 Å². The van der Waals surface area contributed by atoms with E-state index in [-0.39, 0.29) is 28.0 Å². The van der Waals surface area contributed by atoms with Gasteiger partial charge in [-0.25, -0.2) is 4.79 Å². The Bertz CT molecular complexity index is 554. The van der Waals surface area contributed by atoms with Crippen LogP contribution in [0.5, 0.6) is 5.75 Å². The van der Waals surface area contributed by atoms with Crippen LogP contribution in [0.1, 0.15) is 35.7 Å². The summed E-state index contributed by atoms with van der Waals surface area (Å²) in [4.78, 5) is 22.9. The van der Waals surface area contributed by atoms with Gasteiger partial charge in [-0.1, -0.05) is 30.1 Å². The van der Waals surface area contributed by atoms with E-state index < -0.39 is 12.1 Å². The fraction of sp³-hybridized carbons (Fsp3) is 0.385. The number of ether oxygens (including phenoxy) is 1. The van der Waals surface area contributed by atoms with Gasteiger partial charge in [-0.05, 0) is 12.5 Å². The second kappa shape index (κ2) is 5.39. The van der Waals surface area contributed by atoms with Crippen LogP contribution in [-0.2, 0) is 11.2 Å². The summed E-state index contributed by atoms with van der Waals surface area (Å²) < 4.78 is 5.25. The number of hydrogen-bond donors (Lipinski definition) is 1. The minimum atomic E-state index is -1.06. The first-order chi connectivity index (χ1) is 8.95. The third-order valence-electron chi connectivity index (χ3n) is 2.96. The van der Waals surface area contributed by atoms with E-state index in [9.17, 15) is 9.59 Å². The minimum absolute atomic E-state index is 0.101. The van der Waals surface area contributed by atoms with E-state index in [1.807, 2.05) is 6.92 Å². The first-order valence-electron chi connectivity index (χ1n) is 5.89. The zero-order chi connectivity index (χ0) is 14.2. The largest absolute Gasteiger partial charge is 0.478 e. The SMILES string of the molecule is CCCC(=O)c1cc2c(c(Cl)c1Cl)OC(C(=O)O)C2. The first-order valence-corrected chi connectivity index (χ1v) is 6.64. The molecular formula is C13H12Cl2O4. The van der Waals surface area contributed by atoms with Crippen molar-refractivity contribution in [1.29, 1.82) is 0 Å². The summed E-state index contributed by atoms with van der Waals surface area (Å²) in [6.07, 6.45) is 0.296. The maximum atomic E-state index is 11.9. The Labute approximate surface area is 120 Å². The normalized spacial score (nSPS) is 16.9. The summed E-state index contributed by atoms with van der Waals surface area (Å²) in [5, 5.41) is 9.18. The number of carbonyl (C=O) groups excluding carboxylic acids is 1. The molecule has 6 heteroatoms. The van der Waals surface area contributed by atoms with Crippen molar-refractivity contribution in [3.05, 3.63) is 27.2 Å². The van der Waals surface area contributed by atoms with Crippen LogP contribution in [0.2, 0.25) is 10.0 Å². The van der Waals surface area contributed by atoms with Gasteiger partial charge in [0.05, 0.1) is 5.02 Å². The van der Waals surface area contributed by atoms with Crippen LogP contribution in [0, 0.1) is 0 Å². The van der Waals surface area contributed by atoms with Crippen molar-refractivity contribution in [3.63, 3.8) is 0 Å². The average Bonchev–Trinajstić information content (AvgIpc) is 2.78. The van der Waals surface area contributed by atoms with E-state index in [0.717, 1.165) is 0 Å². The Morgan fingerprint density at radius 3 is 2.68 bits per heavy atom. The van der Waals surface area contributed by atoms with Gasteiger partial charge in [0.25, 0.3) is 0 Å². The second-order valence-corrected chi connectivity index (χ2v) is 5.12. The fourth-order valence-electron chi connectivity index (χ4n) is 2.03. The number of aliphatic carboxylic acids is 1. The molecule has 19 heavy (non-hydrogen) atoms. The van der Waals surface area contributed by atoms with Gasteiger partial charge in [-0.15, -0.1) is 0 Å². The average molecular weight is 303 g/mol. The molecule has 1 aromatic carbocycles. The number of carboxylic acids is 1. The zero-order valence-electron chi connectivity index (χ0n) is 10.2. The Morgan fingerprint density at radius 1 is 1.42 bits per heavy atom. The van der Waals surface area contributed by atoms with E-state index >= 15 is 0 Å². The Morgan fingerprint density at radius 2 is 2.11 bits per heavy atom. The van der Waals surface area contributed by atoms with Crippen LogP contribution in [0.15, 0.2) is 6.07 Å². The van der Waals surface area contributed by atoms with E-state index in [0.29, 0.717) is 24.0 Å². The number of carbonyl (C=O) groups is 2. The number of hydrogen-bond acceptors (Lipinski definition) is 3. The van der Waals surface area contributed by atoms with Crippen LogP contribution >= 0.6 is 23.2 Å². The molecule has 0 spiro atoms. The van der Waals surface area contributed by atoms with Gasteiger partial charge in [0, 0.05) is 24.0 Å². The van der Waals surface area contributed by atoms with Crippen molar-refractivity contribution in [2.24, 2.45) is 0 Å². The highest BCUT2D eigenvalue weighted by atomic mass is 35.5. The Kier molecular flexibility index (Phi) is 4.02. The molecule has 1 aliphatic heterocycles. The number of benzene rings is 1. The van der Waals surface area contributed by atoms with E-state index in [1.165, 1.54) is 0 Å². The third-order valence-corrected chi connectivity index (χ3v) is 3.81. The minimum Gasteiger partial charge on any atom is -0.478 e. The van der Waals surface area contributed by atoms with E-state index in [4.69, 9.17) is 33.0 Å². The lowest BCUT2D eigenvalue weighted by atomic mass is 10.0. The second-order valence-electron chi connectivity index (χ2n) is 4.36. The molecule has 102 valence electrons. The van der Waals surface area contributed by atoms with E-state index in [1.54, 1.807) is 6.07 Å². The standard InChI is InChI=1S/C13H12Cl2O4/c1-2-3-8(16)7-4-6-5-9(13(17)18)19-12(6)11(15)10(7)14/h4,9H,2-3,5H2,1H3,(H,17,18). The summed E-state index contributed by atoms with van der Waals surface area (Å²) >= 11 is 12.1. The number of rotatable bonds is 4. The van der Waals surface area contributed by atoms with Crippen molar-refractivity contribution in [2.45, 2.75) is 32.3 Å². The fourth-order valence-corrected chi connectivity index (χ4v) is 2.54. The van der Waals surface area contributed by atoms with Gasteiger partial charge in [0.1, 0.15) is 10.8 Å². The summed E-state index contributed by atoms with van der Waals surface area (Å²) in [6, 6.07) is 1.59. The molecule has 0 bridgehead atoms. The molecule has 1 N–H and O–H groups in total. The van der Waals surface area contributed by atoms with Gasteiger partial charge in [0.15, 0.2) is 11.9 Å². The Balaban J connectivity index is 2.43. The predicted octanol–water partition coefficient (Wildman–Crippen LogP) is 3.36. The maximum absolute atomic E-state index is 11.9. The molecule has 0 saturated heterocycles. The molecule has 1 atom stereocenters. The van der Waals surface area contributed by atoms with Crippen molar-refractivity contribution in [2.75, 3.05) is 0 Å². The zero-order valence-corrected chi connectivity index (χ0v) is 11.7. The molecule has 0 aromatic heterocycles. The monoisotopic (exact) mass is 302 g/mol. The Hall–Kier alpha value is -1.26. The first kappa shape index (κ1) is 14.2. The molecule has 1 aromatic rings. The molecule has 0 aliphatic carbocycles. The summed E-state index contributed by atoms with van der Waals surface area (Å²) in [5.74, 6) is -0.895. The molecule has 0 radical (unpaired) electrons. The molecule has 2 rings (SSSR count). The molecule has 4 nitrogen and oxygen atoms in total. The number of carboxylic acid groups (broad SMARTS) is 1. The van der Waals surface area contributed by atoms with Crippen LogP contribution in [0.25, 0.3) is 0 Å². The topological polar surface area (TPSA) is 63.6 Å². The van der Waals surface area contributed by atoms with Gasteiger partial charge >= 0.3 is 5.97 Å². The highest BCUT2D eigenvalue weighted by Crippen LogP contribution is 2.42. The highest BCUT2D eigenvalue weighted by molar-refractivity contribution is 6.45. The van der Waals surface area contributed by atoms with Crippen LogP contribution in [-0.4, -0.2) is 23.0 Å². The molecular weight excluding hydrogens is 291 g/mol. The smallest absolute Gasteiger partial charge is 0.345 e. The highest BCUT2D eigenvalue weighted by Gasteiger charge is 2.33. The molecule has 1 unspecified atom stereocenters. The lowest BCUT2D eigenvalue weighted by Gasteiger charge is -2.09. The van der Waals surface area contributed by atoms with Gasteiger partial charge < -0.3 is 9.84 Å². The number of halogens is 2. The van der Waals surface area contributed by atoms with Gasteiger partial charge in [0.2, 0.25) is 0 Å². The van der Waals surface area contributed by atoms with Gasteiger partial charge in [-0.3, -0.25) is 4.79 Å². The molecule has 1 aliphatic rings. The summed E-state index contributed by atoms with van der Waals surface area (Å²) in [7, 11) is 0. The van der Waals surface area contributed by atoms with Crippen molar-refractivity contribution in [1.82, 2.24) is 0 Å². The quantitative estimate of drug-likeness (QED) is 0.866. The predicted molar refractivity (Wildman–Crippen MR) is 71.5 cm³/mol. The van der Waals surface area contributed by atoms with Crippen molar-refractivity contribution in [3.8, 4) is 5.75 Å². The number of fused-ring (bicyclic) bond motifs is 1. The summed E-state index contributed by atoms with van der Waals surface area (Å²) in [6.45, 7) is 1.89. The van der Waals surface area contributed by atoms with Crippen LogP contribution in [0.3, 0.4) is 0 Å². The van der Waals surface area contributed by atoms with Crippen molar-refractivity contribution >= 4 is 35.0 Å². The van der Waals surface area contributed by atoms with Crippen LogP contribution < -0.4 is 4.74 Å². The van der Waals surface area contributed by atoms with Crippen LogP contribution in [0.4, 0.5) is 0 Å². The molecule has 1 heterocycles. The molecule has 0 saturated carbocycles. The third kappa shape index (κ3) is 2.55. The number of Topliss-reactive ketones (excluding diaryl/α,β-unsaturated/α-hetero) is 1. The summed E-state index contributed by atoms with van der Waals surface area (Å²) in [5.41, 5.74) is 0.947. The van der Waals surface area contributed by atoms with Crippen molar-refractivity contribution < 1.29 is 19.4 Å². The maximum Gasteiger partial charge on any atom is 0.345 e. The molecule has 0 fully saturated rings.